The largest absolute Gasteiger partial charge is 0.496 e. The topological polar surface area (TPSA) is 118 Å². The molecule has 2 aromatic carbocycles. The van der Waals surface area contributed by atoms with E-state index in [2.05, 4.69) is 5.32 Å². The van der Waals surface area contributed by atoms with Gasteiger partial charge >= 0.3 is 5.97 Å². The van der Waals surface area contributed by atoms with Crippen molar-refractivity contribution in [2.24, 2.45) is 5.73 Å². The lowest BCUT2D eigenvalue weighted by Crippen LogP contribution is -2.21. The van der Waals surface area contributed by atoms with E-state index in [4.69, 9.17) is 20.6 Å². The quantitative estimate of drug-likeness (QED) is 0.397. The number of nitrogens with one attached hydrogen (secondary N) is 2. The lowest BCUT2D eigenvalue weighted by atomic mass is 10.00. The van der Waals surface area contributed by atoms with Crippen molar-refractivity contribution in [1.82, 2.24) is 0 Å². The summed E-state index contributed by atoms with van der Waals surface area (Å²) in [5.41, 5.74) is 8.01. The van der Waals surface area contributed by atoms with E-state index in [-0.39, 0.29) is 11.9 Å². The second-order valence-corrected chi connectivity index (χ2v) is 6.01. The summed E-state index contributed by atoms with van der Waals surface area (Å²) < 4.78 is 11.0. The Labute approximate surface area is 158 Å². The van der Waals surface area contributed by atoms with Crippen LogP contribution in [0, 0.1) is 5.41 Å². The number of aliphatic carboxylic acids is 1. The number of ether oxygens (including phenoxy) is 2. The SMILES string of the molecule is CCOC(C)c1cc(C(Nc2ccc(C(=N)N)cc2)C(=O)O)ccc1OC. The van der Waals surface area contributed by atoms with E-state index in [1.54, 1.807) is 49.6 Å². The Hall–Kier alpha value is -3.06. The minimum Gasteiger partial charge on any atom is -0.496 e. The van der Waals surface area contributed by atoms with Gasteiger partial charge in [-0.1, -0.05) is 6.07 Å². The normalized spacial score (nSPS) is 12.9. The first-order chi connectivity index (χ1) is 12.9. The van der Waals surface area contributed by atoms with Gasteiger partial charge in [-0.25, -0.2) is 4.79 Å². The van der Waals surface area contributed by atoms with E-state index in [1.165, 1.54) is 0 Å². The van der Waals surface area contributed by atoms with Crippen LogP contribution in [0.4, 0.5) is 5.69 Å². The molecule has 2 unspecified atom stereocenters. The second kappa shape index (κ2) is 9.05. The predicted molar refractivity (Wildman–Crippen MR) is 104 cm³/mol. The summed E-state index contributed by atoms with van der Waals surface area (Å²) in [6, 6.07) is 11.0. The van der Waals surface area contributed by atoms with E-state index in [0.717, 1.165) is 5.56 Å². The van der Waals surface area contributed by atoms with Crippen molar-refractivity contribution in [3.05, 3.63) is 59.2 Å². The maximum atomic E-state index is 11.9. The van der Waals surface area contributed by atoms with Crippen LogP contribution in [-0.4, -0.2) is 30.6 Å². The van der Waals surface area contributed by atoms with Gasteiger partial charge in [-0.3, -0.25) is 5.41 Å². The number of benzene rings is 2. The van der Waals surface area contributed by atoms with Crippen molar-refractivity contribution in [2.75, 3.05) is 19.0 Å². The molecule has 2 aromatic rings. The Balaban J connectivity index is 2.34. The molecule has 0 aliphatic carbocycles. The van der Waals surface area contributed by atoms with Crippen LogP contribution in [0.1, 0.15) is 42.7 Å². The number of methoxy groups -OCH3 is 1. The van der Waals surface area contributed by atoms with E-state index in [9.17, 15) is 9.90 Å². The fourth-order valence-electron chi connectivity index (χ4n) is 2.79. The number of carbonyl (C=O) groups is 1. The minimum absolute atomic E-state index is 0.0407. The molecule has 0 saturated heterocycles. The molecule has 0 aromatic heterocycles. The highest BCUT2D eigenvalue weighted by Crippen LogP contribution is 2.31. The summed E-state index contributed by atoms with van der Waals surface area (Å²) in [5.74, 6) is -0.401. The lowest BCUT2D eigenvalue weighted by molar-refractivity contribution is -0.138. The van der Waals surface area contributed by atoms with E-state index in [0.29, 0.717) is 29.2 Å². The van der Waals surface area contributed by atoms with Crippen molar-refractivity contribution in [2.45, 2.75) is 26.0 Å². The van der Waals surface area contributed by atoms with Crippen molar-refractivity contribution in [3.8, 4) is 5.75 Å². The van der Waals surface area contributed by atoms with Crippen molar-refractivity contribution in [1.29, 1.82) is 5.41 Å². The van der Waals surface area contributed by atoms with Crippen LogP contribution < -0.4 is 15.8 Å². The molecule has 5 N–H and O–H groups in total. The van der Waals surface area contributed by atoms with Crippen LogP contribution >= 0.6 is 0 Å². The molecule has 0 saturated carbocycles. The number of hydrogen-bond donors (Lipinski definition) is 4. The molecular weight excluding hydrogens is 346 g/mol. The standard InChI is InChI=1S/C20H25N3O4/c1-4-27-12(2)16-11-14(7-10-17(16)26-3)18(20(24)25)23-15-8-5-13(6-9-15)19(21)22/h5-12,18,23H,4H2,1-3H3,(H3,21,22)(H,24,25). The highest BCUT2D eigenvalue weighted by molar-refractivity contribution is 5.95. The average molecular weight is 371 g/mol. The fourth-order valence-corrected chi connectivity index (χ4v) is 2.79. The third kappa shape index (κ3) is 4.98. The Morgan fingerprint density at radius 2 is 1.93 bits per heavy atom. The van der Waals surface area contributed by atoms with Gasteiger partial charge in [-0.2, -0.15) is 0 Å². The molecule has 7 heteroatoms. The first kappa shape index (κ1) is 20.3. The molecule has 2 atom stereocenters. The van der Waals surface area contributed by atoms with Gasteiger partial charge in [0, 0.05) is 23.4 Å². The molecule has 144 valence electrons. The van der Waals surface area contributed by atoms with Gasteiger partial charge in [0.2, 0.25) is 0 Å². The zero-order chi connectivity index (χ0) is 20.0. The van der Waals surface area contributed by atoms with Crippen LogP contribution in [0.25, 0.3) is 0 Å². The highest BCUT2D eigenvalue weighted by Gasteiger charge is 2.22. The molecule has 0 spiro atoms. The molecule has 0 aliphatic rings. The summed E-state index contributed by atoms with van der Waals surface area (Å²) in [4.78, 5) is 11.9. The van der Waals surface area contributed by atoms with E-state index in [1.807, 2.05) is 13.8 Å². The van der Waals surface area contributed by atoms with E-state index >= 15 is 0 Å². The van der Waals surface area contributed by atoms with Crippen LogP contribution in [0.3, 0.4) is 0 Å². The van der Waals surface area contributed by atoms with Gasteiger partial charge in [-0.05, 0) is 55.8 Å². The fraction of sp³-hybridized carbons (Fsp3) is 0.300. The number of amidine groups is 1. The molecule has 0 aliphatic heterocycles. The Morgan fingerprint density at radius 3 is 2.44 bits per heavy atom. The Bertz CT molecular complexity index is 805. The monoisotopic (exact) mass is 371 g/mol. The third-order valence-electron chi connectivity index (χ3n) is 4.20. The van der Waals surface area contributed by atoms with Crippen molar-refractivity contribution < 1.29 is 19.4 Å². The van der Waals surface area contributed by atoms with Gasteiger partial charge in [0.05, 0.1) is 13.2 Å². The third-order valence-corrected chi connectivity index (χ3v) is 4.20. The van der Waals surface area contributed by atoms with Gasteiger partial charge < -0.3 is 25.6 Å². The first-order valence-corrected chi connectivity index (χ1v) is 8.60. The zero-order valence-electron chi connectivity index (χ0n) is 15.7. The van der Waals surface area contributed by atoms with Crippen LogP contribution in [0.2, 0.25) is 0 Å². The van der Waals surface area contributed by atoms with Gasteiger partial charge in [-0.15, -0.1) is 0 Å². The molecule has 27 heavy (non-hydrogen) atoms. The number of hydrogen-bond acceptors (Lipinski definition) is 5. The molecule has 7 nitrogen and oxygen atoms in total. The maximum absolute atomic E-state index is 11.9. The minimum atomic E-state index is -1.01. The Kier molecular flexibility index (Phi) is 6.79. The summed E-state index contributed by atoms with van der Waals surface area (Å²) in [5, 5.41) is 20.1. The van der Waals surface area contributed by atoms with Gasteiger partial charge in [0.15, 0.2) is 6.04 Å². The first-order valence-electron chi connectivity index (χ1n) is 8.60. The lowest BCUT2D eigenvalue weighted by Gasteiger charge is -2.21. The average Bonchev–Trinajstić information content (AvgIpc) is 2.66. The van der Waals surface area contributed by atoms with Crippen LogP contribution in [-0.2, 0) is 9.53 Å². The number of anilines is 1. The smallest absolute Gasteiger partial charge is 0.330 e. The second-order valence-electron chi connectivity index (χ2n) is 6.01. The highest BCUT2D eigenvalue weighted by atomic mass is 16.5. The molecule has 0 radical (unpaired) electrons. The number of carboxylic acids is 1. The number of nitrogen functional groups attached to an aromatic ring is 1. The molecule has 0 amide bonds. The number of nitrogens with two attached hydrogens (primary N) is 1. The van der Waals surface area contributed by atoms with Gasteiger partial charge in [0.1, 0.15) is 11.6 Å². The predicted octanol–water partition coefficient (Wildman–Crippen LogP) is 3.31. The van der Waals surface area contributed by atoms with Crippen molar-refractivity contribution in [3.63, 3.8) is 0 Å². The summed E-state index contributed by atoms with van der Waals surface area (Å²) >= 11 is 0. The molecule has 2 rings (SSSR count). The summed E-state index contributed by atoms with van der Waals surface area (Å²) in [6.45, 7) is 4.34. The maximum Gasteiger partial charge on any atom is 0.330 e. The molecule has 0 heterocycles. The van der Waals surface area contributed by atoms with Crippen LogP contribution in [0.15, 0.2) is 42.5 Å². The zero-order valence-corrected chi connectivity index (χ0v) is 15.7. The summed E-state index contributed by atoms with van der Waals surface area (Å²) in [7, 11) is 1.57. The molecule has 0 fully saturated rings. The number of carboxylic acid groups (broad SMARTS) is 1. The molecular formula is C20H25N3O4. The Morgan fingerprint density at radius 1 is 1.26 bits per heavy atom. The molecule has 0 bridgehead atoms. The number of rotatable bonds is 9. The van der Waals surface area contributed by atoms with Crippen molar-refractivity contribution >= 4 is 17.5 Å². The van der Waals surface area contributed by atoms with Gasteiger partial charge in [0.25, 0.3) is 0 Å². The van der Waals surface area contributed by atoms with E-state index < -0.39 is 12.0 Å². The van der Waals surface area contributed by atoms with Crippen LogP contribution in [0.5, 0.6) is 5.75 Å². The summed E-state index contributed by atoms with van der Waals surface area (Å²) in [6.07, 6.45) is -0.228.